The lowest BCUT2D eigenvalue weighted by Gasteiger charge is -1.98. The van der Waals surface area contributed by atoms with Crippen LogP contribution in [0.4, 0.5) is 0 Å². The Balaban J connectivity index is 2.16. The Labute approximate surface area is 115 Å². The highest BCUT2D eigenvalue weighted by atomic mass is 16.5. The van der Waals surface area contributed by atoms with Crippen LogP contribution in [0.25, 0.3) is 6.08 Å². The Hall–Kier alpha value is -2.66. The minimum atomic E-state index is -0.633. The Bertz CT molecular complexity index is 654. The molecule has 0 aliphatic heterocycles. The summed E-state index contributed by atoms with van der Waals surface area (Å²) in [6, 6.07) is 8.96. The Morgan fingerprint density at radius 1 is 1.20 bits per heavy atom. The minimum Gasteiger partial charge on any atom is -0.361 e. The summed E-state index contributed by atoms with van der Waals surface area (Å²) in [6.45, 7) is 1.96. The van der Waals surface area contributed by atoms with Gasteiger partial charge in [-0.05, 0) is 19.1 Å². The number of aryl methyl sites for hydroxylation is 1. The molecule has 102 valence electrons. The van der Waals surface area contributed by atoms with Crippen LogP contribution in [0.3, 0.4) is 0 Å². The fourth-order valence-corrected chi connectivity index (χ4v) is 1.71. The molecule has 0 bridgehead atoms. The van der Waals surface area contributed by atoms with Crippen molar-refractivity contribution in [3.8, 4) is 0 Å². The summed E-state index contributed by atoms with van der Waals surface area (Å²) < 4.78 is 0. The number of amides is 1. The Morgan fingerprint density at radius 3 is 2.55 bits per heavy atom. The van der Waals surface area contributed by atoms with E-state index in [0.717, 1.165) is 11.6 Å². The van der Waals surface area contributed by atoms with E-state index in [0.29, 0.717) is 16.8 Å². The van der Waals surface area contributed by atoms with Crippen LogP contribution in [0.1, 0.15) is 27.2 Å². The monoisotopic (exact) mass is 270 g/mol. The van der Waals surface area contributed by atoms with E-state index in [9.17, 15) is 9.59 Å². The lowest BCUT2D eigenvalue weighted by atomic mass is 10.0. The summed E-state index contributed by atoms with van der Waals surface area (Å²) >= 11 is 0. The number of hydroxylamine groups is 1. The molecule has 1 amide bonds. The molecule has 0 saturated carbocycles. The molecule has 0 saturated heterocycles. The van der Waals surface area contributed by atoms with E-state index < -0.39 is 5.91 Å². The Morgan fingerprint density at radius 2 is 1.90 bits per heavy atom. The van der Waals surface area contributed by atoms with Crippen LogP contribution in [0.5, 0.6) is 0 Å². The quantitative estimate of drug-likeness (QED) is 0.344. The lowest BCUT2D eigenvalue weighted by molar-refractivity contribution is -0.124. The maximum Gasteiger partial charge on any atom is 0.267 e. The van der Waals surface area contributed by atoms with Crippen LogP contribution in [0.2, 0.25) is 0 Å². The molecular weight excluding hydrogens is 256 g/mol. The maximum atomic E-state index is 12.2. The summed E-state index contributed by atoms with van der Waals surface area (Å²) in [5.74, 6) is -0.724. The minimum absolute atomic E-state index is 0.0903. The van der Waals surface area contributed by atoms with Crippen LogP contribution in [0, 0.1) is 6.92 Å². The molecule has 1 heterocycles. The molecule has 2 rings (SSSR count). The van der Waals surface area contributed by atoms with Crippen molar-refractivity contribution in [1.82, 2.24) is 10.5 Å². The van der Waals surface area contributed by atoms with E-state index in [1.807, 2.05) is 19.1 Å². The number of aromatic nitrogens is 1. The van der Waals surface area contributed by atoms with Gasteiger partial charge >= 0.3 is 0 Å². The second kappa shape index (κ2) is 5.99. The summed E-state index contributed by atoms with van der Waals surface area (Å²) in [5, 5.41) is 8.36. The topological polar surface area (TPSA) is 82.2 Å². The molecule has 20 heavy (non-hydrogen) atoms. The van der Waals surface area contributed by atoms with Gasteiger partial charge in [0.15, 0.2) is 5.78 Å². The van der Waals surface area contributed by atoms with Crippen molar-refractivity contribution in [3.05, 3.63) is 65.0 Å². The van der Waals surface area contributed by atoms with Gasteiger partial charge in [-0.15, -0.1) is 0 Å². The molecule has 0 aliphatic carbocycles. The number of hydrogen-bond acceptors (Lipinski definition) is 3. The molecule has 3 N–H and O–H groups in total. The molecule has 0 atom stereocenters. The van der Waals surface area contributed by atoms with Gasteiger partial charge in [-0.1, -0.05) is 29.8 Å². The Kier molecular flexibility index (Phi) is 4.12. The van der Waals surface area contributed by atoms with Crippen LogP contribution in [-0.4, -0.2) is 21.9 Å². The molecule has 1 aromatic heterocycles. The molecule has 0 fully saturated rings. The first-order valence-corrected chi connectivity index (χ1v) is 6.02. The second-order valence-corrected chi connectivity index (χ2v) is 4.35. The van der Waals surface area contributed by atoms with Crippen molar-refractivity contribution in [3.63, 3.8) is 0 Å². The molecule has 0 spiro atoms. The lowest BCUT2D eigenvalue weighted by Crippen LogP contribution is -2.14. The highest BCUT2D eigenvalue weighted by Crippen LogP contribution is 2.13. The zero-order valence-corrected chi connectivity index (χ0v) is 10.9. The molecule has 5 nitrogen and oxygen atoms in total. The third-order valence-electron chi connectivity index (χ3n) is 2.81. The van der Waals surface area contributed by atoms with Crippen molar-refractivity contribution in [2.45, 2.75) is 6.92 Å². The number of H-pyrrole nitrogens is 1. The summed E-state index contributed by atoms with van der Waals surface area (Å²) in [4.78, 5) is 25.9. The number of nitrogens with one attached hydrogen (secondary N) is 2. The summed E-state index contributed by atoms with van der Waals surface area (Å²) in [5.41, 5.74) is 4.30. The van der Waals surface area contributed by atoms with Crippen LogP contribution < -0.4 is 5.48 Å². The van der Waals surface area contributed by atoms with Crippen LogP contribution in [-0.2, 0) is 4.79 Å². The van der Waals surface area contributed by atoms with Gasteiger partial charge in [0.1, 0.15) is 0 Å². The van der Waals surface area contributed by atoms with Gasteiger partial charge in [0.05, 0.1) is 0 Å². The van der Waals surface area contributed by atoms with Crippen molar-refractivity contribution >= 4 is 17.8 Å². The number of hydrogen-bond donors (Lipinski definition) is 3. The van der Waals surface area contributed by atoms with Gasteiger partial charge in [-0.2, -0.15) is 0 Å². The molecule has 1 aromatic carbocycles. The fourth-order valence-electron chi connectivity index (χ4n) is 1.71. The molecular formula is C15H14N2O3. The highest BCUT2D eigenvalue weighted by molar-refractivity contribution is 6.09. The predicted octanol–water partition coefficient (Wildman–Crippen LogP) is 2.07. The van der Waals surface area contributed by atoms with E-state index in [-0.39, 0.29) is 5.78 Å². The van der Waals surface area contributed by atoms with Gasteiger partial charge < -0.3 is 4.98 Å². The fraction of sp³-hybridized carbons (Fsp3) is 0.0667. The SMILES string of the molecule is Cc1ccc(C(=O)c2c[nH]c(/C=C/C(=O)NO)c2)cc1. The first-order valence-electron chi connectivity index (χ1n) is 6.02. The molecule has 5 heteroatoms. The van der Waals surface area contributed by atoms with E-state index in [1.165, 1.54) is 11.6 Å². The first kappa shape index (κ1) is 13.8. The van der Waals surface area contributed by atoms with Gasteiger partial charge in [0.2, 0.25) is 0 Å². The number of benzene rings is 1. The molecule has 0 radical (unpaired) electrons. The zero-order valence-electron chi connectivity index (χ0n) is 10.9. The third kappa shape index (κ3) is 3.21. The van der Waals surface area contributed by atoms with Crippen molar-refractivity contribution in [2.75, 3.05) is 0 Å². The van der Waals surface area contributed by atoms with E-state index >= 15 is 0 Å². The second-order valence-electron chi connectivity index (χ2n) is 4.35. The maximum absolute atomic E-state index is 12.2. The molecule has 0 aliphatic rings. The van der Waals surface area contributed by atoms with E-state index in [1.54, 1.807) is 24.4 Å². The first-order chi connectivity index (χ1) is 9.60. The predicted molar refractivity (Wildman–Crippen MR) is 74.4 cm³/mol. The van der Waals surface area contributed by atoms with Gasteiger partial charge in [-0.3, -0.25) is 14.8 Å². The number of rotatable bonds is 4. The van der Waals surface area contributed by atoms with Gasteiger partial charge in [0.25, 0.3) is 5.91 Å². The number of carbonyl (C=O) groups is 2. The molecule has 2 aromatic rings. The third-order valence-corrected chi connectivity index (χ3v) is 2.81. The van der Waals surface area contributed by atoms with Crippen molar-refractivity contribution in [2.24, 2.45) is 0 Å². The standard InChI is InChI=1S/C15H14N2O3/c1-10-2-4-11(5-3-10)15(19)12-8-13(16-9-12)6-7-14(18)17-20/h2-9,16,20H,1H3,(H,17,18)/b7-6+. The normalized spacial score (nSPS) is 10.7. The zero-order chi connectivity index (χ0) is 14.5. The number of aromatic amines is 1. The largest absolute Gasteiger partial charge is 0.361 e. The van der Waals surface area contributed by atoms with Crippen LogP contribution in [0.15, 0.2) is 42.6 Å². The number of carbonyl (C=O) groups excluding carboxylic acids is 2. The average molecular weight is 270 g/mol. The average Bonchev–Trinajstić information content (AvgIpc) is 2.93. The number of ketones is 1. The smallest absolute Gasteiger partial charge is 0.267 e. The summed E-state index contributed by atoms with van der Waals surface area (Å²) in [6.07, 6.45) is 4.21. The van der Waals surface area contributed by atoms with Crippen LogP contribution >= 0.6 is 0 Å². The van der Waals surface area contributed by atoms with Crippen molar-refractivity contribution < 1.29 is 14.8 Å². The summed E-state index contributed by atoms with van der Waals surface area (Å²) in [7, 11) is 0. The van der Waals surface area contributed by atoms with Gasteiger partial charge in [-0.25, -0.2) is 5.48 Å². The van der Waals surface area contributed by atoms with Crippen molar-refractivity contribution in [1.29, 1.82) is 0 Å². The highest BCUT2D eigenvalue weighted by Gasteiger charge is 2.10. The van der Waals surface area contributed by atoms with E-state index in [2.05, 4.69) is 4.98 Å². The van der Waals surface area contributed by atoms with E-state index in [4.69, 9.17) is 5.21 Å². The van der Waals surface area contributed by atoms with Gasteiger partial charge in [0, 0.05) is 29.1 Å². The molecule has 0 unspecified atom stereocenters.